The highest BCUT2D eigenvalue weighted by atomic mass is 32.1. The van der Waals surface area contributed by atoms with Crippen molar-refractivity contribution >= 4 is 23.2 Å². The number of amides is 2. The monoisotopic (exact) mass is 388 g/mol. The molecule has 3 rings (SSSR count). The summed E-state index contributed by atoms with van der Waals surface area (Å²) < 4.78 is 10.6. The van der Waals surface area contributed by atoms with Gasteiger partial charge in [-0.15, -0.1) is 11.3 Å². The average Bonchev–Trinajstić information content (AvgIpc) is 3.38. The lowest BCUT2D eigenvalue weighted by Gasteiger charge is -2.24. The SMILES string of the molecule is COc1cc(C(=O)NC(c2cccs2)C2CCCC2)ccc1OCC(N)=O. The van der Waals surface area contributed by atoms with Crippen molar-refractivity contribution in [2.45, 2.75) is 31.7 Å². The van der Waals surface area contributed by atoms with Crippen LogP contribution in [0.5, 0.6) is 11.5 Å². The Balaban J connectivity index is 1.76. The molecule has 27 heavy (non-hydrogen) atoms. The van der Waals surface area contributed by atoms with Crippen molar-refractivity contribution in [2.24, 2.45) is 11.7 Å². The molecule has 1 atom stereocenters. The van der Waals surface area contributed by atoms with E-state index in [-0.39, 0.29) is 18.6 Å². The molecule has 2 aromatic rings. The van der Waals surface area contributed by atoms with E-state index >= 15 is 0 Å². The lowest BCUT2D eigenvalue weighted by Crippen LogP contribution is -2.32. The molecule has 1 aliphatic carbocycles. The number of nitrogens with one attached hydrogen (secondary N) is 1. The van der Waals surface area contributed by atoms with Crippen LogP contribution in [0.25, 0.3) is 0 Å². The van der Waals surface area contributed by atoms with Crippen LogP contribution >= 0.6 is 11.3 Å². The van der Waals surface area contributed by atoms with Gasteiger partial charge in [-0.1, -0.05) is 18.9 Å². The van der Waals surface area contributed by atoms with Crippen molar-refractivity contribution in [2.75, 3.05) is 13.7 Å². The molecule has 1 saturated carbocycles. The van der Waals surface area contributed by atoms with Crippen LogP contribution in [0.15, 0.2) is 35.7 Å². The molecule has 1 fully saturated rings. The summed E-state index contributed by atoms with van der Waals surface area (Å²) >= 11 is 1.67. The molecule has 1 heterocycles. The Morgan fingerprint density at radius 1 is 1.26 bits per heavy atom. The first-order valence-corrected chi connectivity index (χ1v) is 9.90. The van der Waals surface area contributed by atoms with E-state index in [1.54, 1.807) is 29.5 Å². The molecule has 6 nitrogen and oxygen atoms in total. The third kappa shape index (κ3) is 4.80. The Hall–Kier alpha value is -2.54. The first-order chi connectivity index (χ1) is 13.1. The van der Waals surface area contributed by atoms with Crippen LogP contribution in [0.3, 0.4) is 0 Å². The fraction of sp³-hybridized carbons (Fsp3) is 0.400. The van der Waals surface area contributed by atoms with Gasteiger partial charge in [0.05, 0.1) is 13.2 Å². The predicted molar refractivity (Wildman–Crippen MR) is 104 cm³/mol. The van der Waals surface area contributed by atoms with Crippen molar-refractivity contribution in [1.29, 1.82) is 0 Å². The zero-order chi connectivity index (χ0) is 19.2. The number of thiophene rings is 1. The third-order valence-electron chi connectivity index (χ3n) is 4.80. The number of carbonyl (C=O) groups is 2. The second kappa shape index (κ2) is 8.90. The van der Waals surface area contributed by atoms with Gasteiger partial charge in [0.1, 0.15) is 0 Å². The molecule has 0 saturated heterocycles. The van der Waals surface area contributed by atoms with E-state index in [1.807, 2.05) is 11.4 Å². The van der Waals surface area contributed by atoms with E-state index in [1.165, 1.54) is 24.8 Å². The normalized spacial score (nSPS) is 15.3. The fourth-order valence-electron chi connectivity index (χ4n) is 3.48. The van der Waals surface area contributed by atoms with Gasteiger partial charge in [-0.2, -0.15) is 0 Å². The Kier molecular flexibility index (Phi) is 6.34. The molecule has 7 heteroatoms. The van der Waals surface area contributed by atoms with E-state index in [0.717, 1.165) is 12.8 Å². The maximum absolute atomic E-state index is 12.9. The van der Waals surface area contributed by atoms with Gasteiger partial charge in [0.25, 0.3) is 11.8 Å². The summed E-state index contributed by atoms with van der Waals surface area (Å²) in [5.41, 5.74) is 5.59. The second-order valence-corrected chi connectivity index (χ2v) is 7.61. The number of hydrogen-bond acceptors (Lipinski definition) is 5. The van der Waals surface area contributed by atoms with Crippen LogP contribution in [0.2, 0.25) is 0 Å². The van der Waals surface area contributed by atoms with Gasteiger partial charge < -0.3 is 20.5 Å². The van der Waals surface area contributed by atoms with Gasteiger partial charge in [-0.3, -0.25) is 9.59 Å². The van der Waals surface area contributed by atoms with E-state index in [2.05, 4.69) is 11.4 Å². The lowest BCUT2D eigenvalue weighted by atomic mass is 9.96. The maximum atomic E-state index is 12.9. The number of benzene rings is 1. The number of rotatable bonds is 8. The summed E-state index contributed by atoms with van der Waals surface area (Å²) in [6, 6.07) is 9.01. The zero-order valence-electron chi connectivity index (χ0n) is 15.3. The van der Waals surface area contributed by atoms with Crippen LogP contribution < -0.4 is 20.5 Å². The Morgan fingerprint density at radius 3 is 2.67 bits per heavy atom. The summed E-state index contributed by atoms with van der Waals surface area (Å²) in [6.07, 6.45) is 4.68. The molecule has 2 amide bonds. The van der Waals surface area contributed by atoms with Crippen molar-refractivity contribution in [3.63, 3.8) is 0 Å². The summed E-state index contributed by atoms with van der Waals surface area (Å²) in [5.74, 6) is 0.498. The highest BCUT2D eigenvalue weighted by Crippen LogP contribution is 2.37. The lowest BCUT2D eigenvalue weighted by molar-refractivity contribution is -0.119. The van der Waals surface area contributed by atoms with Crippen LogP contribution in [0.1, 0.15) is 47.0 Å². The van der Waals surface area contributed by atoms with Crippen LogP contribution in [0, 0.1) is 5.92 Å². The fourth-order valence-corrected chi connectivity index (χ4v) is 4.35. The van der Waals surface area contributed by atoms with E-state index < -0.39 is 5.91 Å². The van der Waals surface area contributed by atoms with Gasteiger partial charge in [-0.05, 0) is 48.4 Å². The van der Waals surface area contributed by atoms with Crippen LogP contribution in [-0.2, 0) is 4.79 Å². The Labute approximate surface area is 162 Å². The third-order valence-corrected chi connectivity index (χ3v) is 5.76. The molecule has 0 radical (unpaired) electrons. The number of methoxy groups -OCH3 is 1. The molecule has 144 valence electrons. The topological polar surface area (TPSA) is 90.7 Å². The quantitative estimate of drug-likeness (QED) is 0.726. The number of nitrogens with two attached hydrogens (primary N) is 1. The van der Waals surface area contributed by atoms with Crippen molar-refractivity contribution in [3.05, 3.63) is 46.2 Å². The largest absolute Gasteiger partial charge is 0.493 e. The molecule has 1 aromatic carbocycles. The minimum atomic E-state index is -0.575. The van der Waals surface area contributed by atoms with E-state index in [4.69, 9.17) is 15.2 Å². The van der Waals surface area contributed by atoms with Gasteiger partial charge in [0.2, 0.25) is 0 Å². The zero-order valence-corrected chi connectivity index (χ0v) is 16.1. The molecular formula is C20H24N2O4S. The van der Waals surface area contributed by atoms with Crippen molar-refractivity contribution in [3.8, 4) is 11.5 Å². The highest BCUT2D eigenvalue weighted by Gasteiger charge is 2.29. The molecule has 1 unspecified atom stereocenters. The van der Waals surface area contributed by atoms with Crippen LogP contribution in [0.4, 0.5) is 0 Å². The average molecular weight is 388 g/mol. The molecule has 0 aliphatic heterocycles. The Morgan fingerprint density at radius 2 is 2.04 bits per heavy atom. The molecule has 1 aliphatic rings. The summed E-state index contributed by atoms with van der Waals surface area (Å²) in [5, 5.41) is 5.24. The number of hydrogen-bond donors (Lipinski definition) is 2. The van der Waals surface area contributed by atoms with Crippen molar-refractivity contribution in [1.82, 2.24) is 5.32 Å². The van der Waals surface area contributed by atoms with Gasteiger partial charge in [0.15, 0.2) is 18.1 Å². The smallest absolute Gasteiger partial charge is 0.255 e. The van der Waals surface area contributed by atoms with Gasteiger partial charge in [0, 0.05) is 10.4 Å². The molecule has 1 aromatic heterocycles. The minimum Gasteiger partial charge on any atom is -0.493 e. The number of primary amides is 1. The van der Waals surface area contributed by atoms with Gasteiger partial charge >= 0.3 is 0 Å². The number of carbonyl (C=O) groups excluding carboxylic acids is 2. The summed E-state index contributed by atoms with van der Waals surface area (Å²) in [7, 11) is 1.49. The first kappa shape index (κ1) is 19.2. The molecule has 3 N–H and O–H groups in total. The Bertz CT molecular complexity index is 785. The highest BCUT2D eigenvalue weighted by molar-refractivity contribution is 7.10. The maximum Gasteiger partial charge on any atom is 0.255 e. The first-order valence-electron chi connectivity index (χ1n) is 9.02. The number of ether oxygens (including phenoxy) is 2. The second-order valence-electron chi connectivity index (χ2n) is 6.63. The molecule has 0 bridgehead atoms. The standard InChI is InChI=1S/C20H24N2O4S/c1-25-16-11-14(8-9-15(16)26-12-18(21)23)20(24)22-19(13-5-2-3-6-13)17-7-4-10-27-17/h4,7-11,13,19H,2-3,5-6,12H2,1H3,(H2,21,23)(H,22,24). The van der Waals surface area contributed by atoms with Gasteiger partial charge in [-0.25, -0.2) is 0 Å². The van der Waals surface area contributed by atoms with E-state index in [0.29, 0.717) is 23.0 Å². The summed E-state index contributed by atoms with van der Waals surface area (Å²) in [4.78, 5) is 25.0. The molecule has 0 spiro atoms. The predicted octanol–water partition coefficient (Wildman–Crippen LogP) is 3.28. The summed E-state index contributed by atoms with van der Waals surface area (Å²) in [6.45, 7) is -0.246. The van der Waals surface area contributed by atoms with Crippen LogP contribution in [-0.4, -0.2) is 25.5 Å². The minimum absolute atomic E-state index is 0.0248. The van der Waals surface area contributed by atoms with E-state index in [9.17, 15) is 9.59 Å². The molecular weight excluding hydrogens is 364 g/mol. The van der Waals surface area contributed by atoms with Crippen molar-refractivity contribution < 1.29 is 19.1 Å².